The van der Waals surface area contributed by atoms with Crippen LogP contribution < -0.4 is 0 Å². The molecular weight excluding hydrogens is 296 g/mol. The highest BCUT2D eigenvalue weighted by atomic mass is 79.9. The molecule has 0 spiro atoms. The summed E-state index contributed by atoms with van der Waals surface area (Å²) in [6, 6.07) is 7.86. The molecule has 1 heterocycles. The van der Waals surface area contributed by atoms with E-state index in [2.05, 4.69) is 15.9 Å². The maximum atomic E-state index is 11.8. The van der Waals surface area contributed by atoms with Gasteiger partial charge in [-0.05, 0) is 17.7 Å². The molecule has 1 aromatic rings. The number of benzene rings is 1. The van der Waals surface area contributed by atoms with Gasteiger partial charge < -0.3 is 4.74 Å². The van der Waals surface area contributed by atoms with Crippen LogP contribution in [-0.2, 0) is 14.3 Å². The summed E-state index contributed by atoms with van der Waals surface area (Å²) < 4.78 is 6.12. The lowest BCUT2D eigenvalue weighted by Gasteiger charge is -2.29. The molecule has 0 radical (unpaired) electrons. The first kappa shape index (κ1) is 11.9. The van der Waals surface area contributed by atoms with Crippen molar-refractivity contribution >= 4 is 27.7 Å². The highest BCUT2D eigenvalue weighted by molar-refractivity contribution is 9.10. The fourth-order valence-electron chi connectivity index (χ4n) is 3.04. The van der Waals surface area contributed by atoms with Gasteiger partial charge in [0.2, 0.25) is 0 Å². The van der Waals surface area contributed by atoms with E-state index < -0.39 is 0 Å². The molecule has 3 nitrogen and oxygen atoms in total. The molecule has 0 bridgehead atoms. The van der Waals surface area contributed by atoms with Crippen LogP contribution in [0.5, 0.6) is 0 Å². The molecule has 3 rings (SSSR count). The fraction of sp³-hybridized carbons (Fsp3) is 0.429. The maximum absolute atomic E-state index is 11.8. The molecule has 94 valence electrons. The van der Waals surface area contributed by atoms with E-state index in [-0.39, 0.29) is 29.5 Å². The Hall–Kier alpha value is -1.16. The third-order valence-corrected chi connectivity index (χ3v) is 4.42. The van der Waals surface area contributed by atoms with Crippen molar-refractivity contribution in [3.8, 4) is 0 Å². The van der Waals surface area contributed by atoms with Gasteiger partial charge in [0.1, 0.15) is 5.78 Å². The lowest BCUT2D eigenvalue weighted by atomic mass is 9.70. The quantitative estimate of drug-likeness (QED) is 0.749. The van der Waals surface area contributed by atoms with E-state index in [0.717, 1.165) is 10.0 Å². The van der Waals surface area contributed by atoms with Crippen molar-refractivity contribution in [2.75, 3.05) is 6.61 Å². The van der Waals surface area contributed by atoms with Crippen molar-refractivity contribution in [1.29, 1.82) is 0 Å². The van der Waals surface area contributed by atoms with Crippen molar-refractivity contribution in [2.45, 2.75) is 18.8 Å². The Labute approximate surface area is 114 Å². The molecule has 0 N–H and O–H groups in total. The van der Waals surface area contributed by atoms with Gasteiger partial charge in [0.15, 0.2) is 0 Å². The van der Waals surface area contributed by atoms with Crippen LogP contribution in [0.3, 0.4) is 0 Å². The average Bonchev–Trinajstić information content (AvgIpc) is 2.71. The summed E-state index contributed by atoms with van der Waals surface area (Å²) in [4.78, 5) is 23.6. The number of esters is 1. The molecule has 1 aromatic carbocycles. The van der Waals surface area contributed by atoms with Gasteiger partial charge in [0.05, 0.1) is 12.5 Å². The van der Waals surface area contributed by atoms with E-state index in [1.165, 1.54) is 0 Å². The third kappa shape index (κ3) is 1.99. The van der Waals surface area contributed by atoms with Gasteiger partial charge in [-0.1, -0.05) is 28.1 Å². The monoisotopic (exact) mass is 308 g/mol. The van der Waals surface area contributed by atoms with Crippen molar-refractivity contribution in [3.05, 3.63) is 34.3 Å². The molecule has 3 atom stereocenters. The number of halogens is 1. The Balaban J connectivity index is 1.95. The lowest BCUT2D eigenvalue weighted by Crippen LogP contribution is -2.32. The van der Waals surface area contributed by atoms with Crippen LogP contribution >= 0.6 is 15.9 Å². The molecule has 1 saturated carbocycles. The Kier molecular flexibility index (Phi) is 2.98. The van der Waals surface area contributed by atoms with Crippen molar-refractivity contribution < 1.29 is 14.3 Å². The first-order valence-electron chi connectivity index (χ1n) is 6.09. The van der Waals surface area contributed by atoms with Crippen LogP contribution in [-0.4, -0.2) is 18.4 Å². The Morgan fingerprint density at radius 1 is 1.11 bits per heavy atom. The second-order valence-corrected chi connectivity index (χ2v) is 5.94. The second-order valence-electron chi connectivity index (χ2n) is 5.02. The van der Waals surface area contributed by atoms with Crippen LogP contribution in [0.4, 0.5) is 0 Å². The predicted molar refractivity (Wildman–Crippen MR) is 69.1 cm³/mol. The van der Waals surface area contributed by atoms with Crippen LogP contribution in [0.1, 0.15) is 24.3 Å². The first-order valence-corrected chi connectivity index (χ1v) is 6.88. The van der Waals surface area contributed by atoms with Gasteiger partial charge in [-0.15, -0.1) is 0 Å². The molecule has 2 aliphatic rings. The molecule has 0 unspecified atom stereocenters. The van der Waals surface area contributed by atoms with Crippen LogP contribution in [0, 0.1) is 11.8 Å². The number of Topliss-reactive ketones (excluding diaryl/α,β-unsaturated/α-hetero) is 1. The summed E-state index contributed by atoms with van der Waals surface area (Å²) >= 11 is 3.39. The highest BCUT2D eigenvalue weighted by Gasteiger charge is 2.47. The number of rotatable bonds is 1. The van der Waals surface area contributed by atoms with Gasteiger partial charge in [0.25, 0.3) is 0 Å². The van der Waals surface area contributed by atoms with Crippen LogP contribution in [0.25, 0.3) is 0 Å². The third-order valence-electron chi connectivity index (χ3n) is 3.89. The molecule has 4 heteroatoms. The van der Waals surface area contributed by atoms with Gasteiger partial charge in [0, 0.05) is 29.2 Å². The van der Waals surface area contributed by atoms with Crippen LogP contribution in [0.2, 0.25) is 0 Å². The summed E-state index contributed by atoms with van der Waals surface area (Å²) in [5.74, 6) is 0.0264. The zero-order valence-corrected chi connectivity index (χ0v) is 11.4. The second kappa shape index (κ2) is 4.50. The molecule has 1 aliphatic heterocycles. The van der Waals surface area contributed by atoms with E-state index >= 15 is 0 Å². The van der Waals surface area contributed by atoms with E-state index in [1.54, 1.807) is 0 Å². The SMILES string of the molecule is O=C1C[C@@H]2COC(=O)[C@@H]2[C@H](c2ccc(Br)cc2)C1. The summed E-state index contributed by atoms with van der Waals surface area (Å²) in [6.07, 6.45) is 0.946. The van der Waals surface area contributed by atoms with E-state index in [4.69, 9.17) is 4.74 Å². The Morgan fingerprint density at radius 2 is 1.83 bits per heavy atom. The van der Waals surface area contributed by atoms with Crippen molar-refractivity contribution in [3.63, 3.8) is 0 Å². The summed E-state index contributed by atoms with van der Waals surface area (Å²) in [6.45, 7) is 0.405. The van der Waals surface area contributed by atoms with E-state index in [9.17, 15) is 9.59 Å². The zero-order chi connectivity index (χ0) is 12.7. The number of hydrogen-bond acceptors (Lipinski definition) is 3. The maximum Gasteiger partial charge on any atom is 0.310 e. The Morgan fingerprint density at radius 3 is 2.56 bits per heavy atom. The number of fused-ring (bicyclic) bond motifs is 1. The molecule has 1 saturated heterocycles. The van der Waals surface area contributed by atoms with Gasteiger partial charge in [-0.2, -0.15) is 0 Å². The predicted octanol–water partition coefficient (Wildman–Crippen LogP) is 2.68. The minimum atomic E-state index is -0.139. The van der Waals surface area contributed by atoms with E-state index in [1.807, 2.05) is 24.3 Å². The number of carbonyl (C=O) groups is 2. The molecule has 0 amide bonds. The van der Waals surface area contributed by atoms with Crippen molar-refractivity contribution in [1.82, 2.24) is 0 Å². The number of cyclic esters (lactones) is 1. The molecule has 18 heavy (non-hydrogen) atoms. The molecule has 1 aliphatic carbocycles. The van der Waals surface area contributed by atoms with Gasteiger partial charge in [-0.25, -0.2) is 0 Å². The van der Waals surface area contributed by atoms with Crippen LogP contribution in [0.15, 0.2) is 28.7 Å². The summed E-state index contributed by atoms with van der Waals surface area (Å²) in [5.41, 5.74) is 1.06. The summed E-state index contributed by atoms with van der Waals surface area (Å²) in [5, 5.41) is 0. The Bertz CT molecular complexity index is 494. The van der Waals surface area contributed by atoms with Gasteiger partial charge >= 0.3 is 5.97 Å². The normalized spacial score (nSPS) is 31.1. The summed E-state index contributed by atoms with van der Waals surface area (Å²) in [7, 11) is 0. The standard InChI is InChI=1S/C14H13BrO3/c15-10-3-1-8(2-4-10)12-6-11(16)5-9-7-18-14(17)13(9)12/h1-4,9,12-13H,5-7H2/t9-,12+,13+/m1/s1. The smallest absolute Gasteiger partial charge is 0.310 e. The minimum Gasteiger partial charge on any atom is -0.465 e. The molecular formula is C14H13BrO3. The number of carbonyl (C=O) groups excluding carboxylic acids is 2. The zero-order valence-electron chi connectivity index (χ0n) is 9.77. The van der Waals surface area contributed by atoms with Crippen molar-refractivity contribution in [2.24, 2.45) is 11.8 Å². The highest BCUT2D eigenvalue weighted by Crippen LogP contribution is 2.43. The van der Waals surface area contributed by atoms with Gasteiger partial charge in [-0.3, -0.25) is 9.59 Å². The van der Waals surface area contributed by atoms with E-state index in [0.29, 0.717) is 19.4 Å². The molecule has 2 fully saturated rings. The lowest BCUT2D eigenvalue weighted by molar-refractivity contribution is -0.142. The first-order chi connectivity index (χ1) is 8.65. The molecule has 0 aromatic heterocycles. The number of hydrogen-bond donors (Lipinski definition) is 0. The largest absolute Gasteiger partial charge is 0.465 e. The fourth-order valence-corrected chi connectivity index (χ4v) is 3.31. The number of ketones is 1. The minimum absolute atomic E-state index is 0.0145. The average molecular weight is 309 g/mol. The topological polar surface area (TPSA) is 43.4 Å². The number of ether oxygens (including phenoxy) is 1.